The fraction of sp³-hybridized carbons (Fsp3) is 0.167. The Labute approximate surface area is 97.2 Å². The molecule has 1 rings (SSSR count). The fourth-order valence-corrected chi connectivity index (χ4v) is 1.20. The first kappa shape index (κ1) is 12.7. The Kier molecular flexibility index (Phi) is 4.65. The molecule has 1 aromatic carbocycles. The minimum atomic E-state index is -1.76. The van der Waals surface area contributed by atoms with Crippen molar-refractivity contribution in [3.8, 4) is 17.9 Å². The molecule has 5 heteroatoms. The molecule has 0 bridgehead atoms. The minimum Gasteiger partial charge on any atom is -0.492 e. The molecule has 86 valence electrons. The molecule has 0 radical (unpaired) electrons. The van der Waals surface area contributed by atoms with Crippen LogP contribution < -0.4 is 4.74 Å². The third-order valence-electron chi connectivity index (χ3n) is 1.93. The van der Waals surface area contributed by atoms with Gasteiger partial charge in [0, 0.05) is 6.42 Å². The highest BCUT2D eigenvalue weighted by Crippen LogP contribution is 2.21. The topological polar surface area (TPSA) is 56.8 Å². The normalized spacial score (nSPS) is 8.94. The van der Waals surface area contributed by atoms with Crippen molar-refractivity contribution in [3.05, 3.63) is 41.5 Å². The van der Waals surface area contributed by atoms with Crippen LogP contribution in [-0.4, -0.2) is 6.61 Å². The van der Waals surface area contributed by atoms with E-state index in [1.807, 2.05) is 12.1 Å². The highest BCUT2D eigenvalue weighted by Gasteiger charge is 2.08. The molecule has 0 aliphatic heterocycles. The molecule has 0 N–H and O–H groups in total. The molecule has 3 nitrogen and oxygen atoms in total. The lowest BCUT2D eigenvalue weighted by atomic mass is 10.1. The molecule has 0 heterocycles. The average Bonchev–Trinajstić information content (AvgIpc) is 2.33. The van der Waals surface area contributed by atoms with Crippen molar-refractivity contribution in [3.63, 3.8) is 0 Å². The fourth-order valence-electron chi connectivity index (χ4n) is 1.20. The summed E-state index contributed by atoms with van der Waals surface area (Å²) >= 11 is 0. The number of halogens is 2. The van der Waals surface area contributed by atoms with Gasteiger partial charge < -0.3 is 4.74 Å². The Morgan fingerprint density at radius 2 is 2.06 bits per heavy atom. The van der Waals surface area contributed by atoms with E-state index in [-0.39, 0.29) is 29.9 Å². The monoisotopic (exact) mass is 234 g/mol. The first-order valence-electron chi connectivity index (χ1n) is 4.76. The maximum Gasteiger partial charge on any atom is 0.266 e. The van der Waals surface area contributed by atoms with Crippen LogP contribution in [0.15, 0.2) is 30.4 Å². The molecule has 0 aromatic heterocycles. The lowest BCUT2D eigenvalue weighted by Gasteiger charge is -2.06. The summed E-state index contributed by atoms with van der Waals surface area (Å²) in [7, 11) is 0. The maximum absolute atomic E-state index is 11.7. The summed E-state index contributed by atoms with van der Waals surface area (Å²) in [5.41, 5.74) is 0.330. The van der Waals surface area contributed by atoms with Gasteiger partial charge in [0.2, 0.25) is 0 Å². The van der Waals surface area contributed by atoms with Crippen LogP contribution in [0, 0.1) is 22.7 Å². The predicted molar refractivity (Wildman–Crippen MR) is 56.3 cm³/mol. The second-order valence-electron chi connectivity index (χ2n) is 3.03. The van der Waals surface area contributed by atoms with E-state index in [0.29, 0.717) is 0 Å². The van der Waals surface area contributed by atoms with Crippen molar-refractivity contribution in [2.45, 2.75) is 6.42 Å². The van der Waals surface area contributed by atoms with Crippen LogP contribution in [-0.2, 0) is 0 Å². The lowest BCUT2D eigenvalue weighted by Crippen LogP contribution is -1.99. The Bertz CT molecular complexity index is 508. The number of hydrogen-bond donors (Lipinski definition) is 0. The molecule has 1 aromatic rings. The molecular formula is C12H8F2N2O. The van der Waals surface area contributed by atoms with Gasteiger partial charge in [-0.05, 0) is 18.2 Å². The Morgan fingerprint density at radius 3 is 2.65 bits per heavy atom. The van der Waals surface area contributed by atoms with Crippen molar-refractivity contribution in [1.29, 1.82) is 10.5 Å². The number of nitrogens with zero attached hydrogens (tertiary/aromatic N) is 2. The van der Waals surface area contributed by atoms with Crippen LogP contribution in [0.3, 0.4) is 0 Å². The summed E-state index contributed by atoms with van der Waals surface area (Å²) in [6.07, 6.45) is -0.982. The number of rotatable bonds is 4. The molecule has 0 fully saturated rings. The van der Waals surface area contributed by atoms with Gasteiger partial charge in [-0.2, -0.15) is 19.3 Å². The van der Waals surface area contributed by atoms with Crippen LogP contribution in [0.25, 0.3) is 0 Å². The summed E-state index contributed by atoms with van der Waals surface area (Å²) in [6, 6.07) is 8.30. The van der Waals surface area contributed by atoms with Crippen LogP contribution >= 0.6 is 0 Å². The smallest absolute Gasteiger partial charge is 0.266 e. The average molecular weight is 234 g/mol. The molecule has 0 saturated carbocycles. The molecule has 17 heavy (non-hydrogen) atoms. The van der Waals surface area contributed by atoms with Crippen molar-refractivity contribution in [2.75, 3.05) is 6.61 Å². The summed E-state index contributed by atoms with van der Waals surface area (Å²) in [5, 5.41) is 17.6. The molecule has 0 spiro atoms. The lowest BCUT2D eigenvalue weighted by molar-refractivity contribution is 0.319. The van der Waals surface area contributed by atoms with E-state index in [2.05, 4.69) is 0 Å². The molecule has 0 amide bonds. The quantitative estimate of drug-likeness (QED) is 0.752. The summed E-state index contributed by atoms with van der Waals surface area (Å²) in [5.74, 6) is 0.235. The Balaban J connectivity index is 2.76. The van der Waals surface area contributed by atoms with Crippen molar-refractivity contribution in [2.24, 2.45) is 0 Å². The molecule has 0 atom stereocenters. The zero-order chi connectivity index (χ0) is 12.7. The molecular weight excluding hydrogens is 226 g/mol. The first-order chi connectivity index (χ1) is 8.19. The zero-order valence-corrected chi connectivity index (χ0v) is 8.78. The second-order valence-corrected chi connectivity index (χ2v) is 3.03. The summed E-state index contributed by atoms with van der Waals surface area (Å²) in [6.45, 7) is 0.0287. The highest BCUT2D eigenvalue weighted by atomic mass is 19.3. The molecule has 0 saturated heterocycles. The van der Waals surface area contributed by atoms with E-state index < -0.39 is 6.08 Å². The van der Waals surface area contributed by atoms with Crippen molar-refractivity contribution < 1.29 is 13.5 Å². The Hall–Kier alpha value is -2.40. The van der Waals surface area contributed by atoms with Crippen LogP contribution in [0.2, 0.25) is 0 Å². The third-order valence-corrected chi connectivity index (χ3v) is 1.93. The van der Waals surface area contributed by atoms with E-state index in [0.717, 1.165) is 6.08 Å². The van der Waals surface area contributed by atoms with Crippen LogP contribution in [0.4, 0.5) is 8.78 Å². The molecule has 0 unspecified atom stereocenters. The van der Waals surface area contributed by atoms with Gasteiger partial charge in [0.1, 0.15) is 23.5 Å². The van der Waals surface area contributed by atoms with Crippen LogP contribution in [0.5, 0.6) is 5.75 Å². The van der Waals surface area contributed by atoms with Gasteiger partial charge >= 0.3 is 0 Å². The standard InChI is InChI=1S/C12H8F2N2O/c13-12(14)5-2-6-17-11-4-1-3-9(7-15)10(11)8-16/h1,3-5H,2,6H2. The second kappa shape index (κ2) is 6.24. The largest absolute Gasteiger partial charge is 0.492 e. The summed E-state index contributed by atoms with van der Waals surface area (Å²) in [4.78, 5) is 0. The predicted octanol–water partition coefficient (Wildman–Crippen LogP) is 2.98. The third kappa shape index (κ3) is 3.58. The van der Waals surface area contributed by atoms with E-state index >= 15 is 0 Å². The number of ether oxygens (including phenoxy) is 1. The number of hydrogen-bond acceptors (Lipinski definition) is 3. The van der Waals surface area contributed by atoms with Crippen molar-refractivity contribution in [1.82, 2.24) is 0 Å². The molecule has 0 aliphatic rings. The van der Waals surface area contributed by atoms with Gasteiger partial charge in [-0.1, -0.05) is 6.07 Å². The van der Waals surface area contributed by atoms with Crippen molar-refractivity contribution >= 4 is 0 Å². The first-order valence-corrected chi connectivity index (χ1v) is 4.76. The summed E-state index contributed by atoms with van der Waals surface area (Å²) < 4.78 is 28.6. The van der Waals surface area contributed by atoms with E-state index in [1.165, 1.54) is 12.1 Å². The van der Waals surface area contributed by atoms with Gasteiger partial charge in [0.15, 0.2) is 0 Å². The SMILES string of the molecule is N#Cc1cccc(OCCC=C(F)F)c1C#N. The van der Waals surface area contributed by atoms with Gasteiger partial charge in [-0.15, -0.1) is 0 Å². The van der Waals surface area contributed by atoms with E-state index in [9.17, 15) is 8.78 Å². The molecule has 0 aliphatic carbocycles. The number of nitriles is 2. The number of benzene rings is 1. The maximum atomic E-state index is 11.7. The highest BCUT2D eigenvalue weighted by molar-refractivity contribution is 5.53. The van der Waals surface area contributed by atoms with E-state index in [1.54, 1.807) is 6.07 Å². The van der Waals surface area contributed by atoms with Gasteiger partial charge in [-0.25, -0.2) is 0 Å². The van der Waals surface area contributed by atoms with E-state index in [4.69, 9.17) is 15.3 Å². The van der Waals surface area contributed by atoms with Gasteiger partial charge in [0.05, 0.1) is 12.2 Å². The van der Waals surface area contributed by atoms with Gasteiger partial charge in [-0.3, -0.25) is 0 Å². The Morgan fingerprint density at radius 1 is 1.29 bits per heavy atom. The zero-order valence-electron chi connectivity index (χ0n) is 8.78. The van der Waals surface area contributed by atoms with Crippen LogP contribution in [0.1, 0.15) is 17.5 Å². The minimum absolute atomic E-state index is 0.0287. The van der Waals surface area contributed by atoms with Gasteiger partial charge in [0.25, 0.3) is 6.08 Å².